The van der Waals surface area contributed by atoms with Crippen molar-refractivity contribution in [3.63, 3.8) is 0 Å². The molecule has 0 spiro atoms. The molecule has 0 bridgehead atoms. The molecule has 1 atom stereocenters. The minimum absolute atomic E-state index is 0.0557. The number of nitrogens with zero attached hydrogens (tertiary/aromatic N) is 2. The first-order valence-corrected chi connectivity index (χ1v) is 7.01. The van der Waals surface area contributed by atoms with E-state index in [9.17, 15) is 0 Å². The zero-order valence-electron chi connectivity index (χ0n) is 11.2. The lowest BCUT2D eigenvalue weighted by atomic mass is 10.1. The van der Waals surface area contributed by atoms with Crippen LogP contribution in [0.2, 0.25) is 5.02 Å². The Kier molecular flexibility index (Phi) is 3.63. The predicted octanol–water partition coefficient (Wildman–Crippen LogP) is 3.20. The average molecular weight is 294 g/mol. The first kappa shape index (κ1) is 13.4. The van der Waals surface area contributed by atoms with Crippen LogP contribution >= 0.6 is 11.6 Å². The minimum Gasteiger partial charge on any atom is -0.484 e. The highest BCUT2D eigenvalue weighted by atomic mass is 35.5. The van der Waals surface area contributed by atoms with Gasteiger partial charge in [0.1, 0.15) is 5.75 Å². The smallest absolute Gasteiger partial charge is 0.229 e. The summed E-state index contributed by atoms with van der Waals surface area (Å²) >= 11 is 6.16. The number of rotatable bonds is 5. The van der Waals surface area contributed by atoms with Gasteiger partial charge in [0, 0.05) is 12.0 Å². The predicted molar refractivity (Wildman–Crippen MR) is 74.7 cm³/mol. The third-order valence-electron chi connectivity index (χ3n) is 3.25. The fraction of sp³-hybridized carbons (Fsp3) is 0.429. The van der Waals surface area contributed by atoms with Crippen LogP contribution in [0.5, 0.6) is 5.75 Å². The molecule has 20 heavy (non-hydrogen) atoms. The van der Waals surface area contributed by atoms with Crippen LogP contribution in [-0.2, 0) is 6.61 Å². The van der Waals surface area contributed by atoms with E-state index < -0.39 is 0 Å². The molecule has 6 heteroatoms. The van der Waals surface area contributed by atoms with Crippen molar-refractivity contribution in [2.45, 2.75) is 38.3 Å². The summed E-state index contributed by atoms with van der Waals surface area (Å²) in [4.78, 5) is 4.30. The zero-order chi connectivity index (χ0) is 14.1. The lowest BCUT2D eigenvalue weighted by Crippen LogP contribution is -2.05. The molecular formula is C14H16ClN3O2. The number of ether oxygens (including phenoxy) is 1. The van der Waals surface area contributed by atoms with E-state index in [-0.39, 0.29) is 12.6 Å². The van der Waals surface area contributed by atoms with Gasteiger partial charge in [0.25, 0.3) is 0 Å². The number of halogens is 1. The van der Waals surface area contributed by atoms with Crippen LogP contribution in [-0.4, -0.2) is 10.1 Å². The molecular weight excluding hydrogens is 278 g/mol. The molecule has 5 nitrogen and oxygen atoms in total. The molecule has 0 saturated heterocycles. The molecule has 1 fully saturated rings. The maximum atomic E-state index is 6.16. The van der Waals surface area contributed by atoms with Gasteiger partial charge in [-0.1, -0.05) is 22.8 Å². The van der Waals surface area contributed by atoms with E-state index in [1.807, 2.05) is 25.1 Å². The normalized spacial score (nSPS) is 16.1. The van der Waals surface area contributed by atoms with Crippen molar-refractivity contribution in [1.82, 2.24) is 10.1 Å². The largest absolute Gasteiger partial charge is 0.484 e. The summed E-state index contributed by atoms with van der Waals surface area (Å²) in [6.45, 7) is 2.15. The summed E-state index contributed by atoms with van der Waals surface area (Å²) in [5.41, 5.74) is 6.77. The lowest BCUT2D eigenvalue weighted by molar-refractivity contribution is 0.285. The Morgan fingerprint density at radius 2 is 2.30 bits per heavy atom. The maximum absolute atomic E-state index is 6.16. The second-order valence-corrected chi connectivity index (χ2v) is 5.50. The first-order chi connectivity index (χ1) is 9.63. The number of benzene rings is 1. The van der Waals surface area contributed by atoms with Crippen LogP contribution < -0.4 is 10.5 Å². The summed E-state index contributed by atoms with van der Waals surface area (Å²) in [6, 6.07) is 5.47. The molecule has 0 aliphatic heterocycles. The topological polar surface area (TPSA) is 74.2 Å². The lowest BCUT2D eigenvalue weighted by Gasteiger charge is -2.10. The molecule has 1 aliphatic rings. The number of nitrogens with two attached hydrogens (primary N) is 1. The monoisotopic (exact) mass is 293 g/mol. The van der Waals surface area contributed by atoms with E-state index in [1.165, 1.54) is 0 Å². The van der Waals surface area contributed by atoms with Crippen LogP contribution in [0.1, 0.15) is 49.0 Å². The van der Waals surface area contributed by atoms with Crippen molar-refractivity contribution in [1.29, 1.82) is 0 Å². The summed E-state index contributed by atoms with van der Waals surface area (Å²) in [5, 5.41) is 4.43. The van der Waals surface area contributed by atoms with Crippen LogP contribution in [0.3, 0.4) is 0 Å². The molecule has 0 unspecified atom stereocenters. The van der Waals surface area contributed by atoms with Gasteiger partial charge in [-0.3, -0.25) is 0 Å². The second kappa shape index (κ2) is 5.42. The van der Waals surface area contributed by atoms with Crippen molar-refractivity contribution < 1.29 is 9.26 Å². The van der Waals surface area contributed by atoms with Crippen LogP contribution in [0.25, 0.3) is 0 Å². The van der Waals surface area contributed by atoms with Gasteiger partial charge >= 0.3 is 0 Å². The Bertz CT molecular complexity index is 608. The fourth-order valence-electron chi connectivity index (χ4n) is 1.88. The standard InChI is InChI=1S/C14H16ClN3O2/c1-8(16)10-4-5-12(11(15)6-10)19-7-13-17-14(20-18-13)9-2-3-9/h4-6,8-9H,2-3,7,16H2,1H3/t8-/m0/s1. The van der Waals surface area contributed by atoms with E-state index in [1.54, 1.807) is 0 Å². The summed E-state index contributed by atoms with van der Waals surface area (Å²) in [5.74, 6) is 2.29. The number of hydrogen-bond donors (Lipinski definition) is 1. The van der Waals surface area contributed by atoms with Gasteiger partial charge in [0.2, 0.25) is 11.7 Å². The summed E-state index contributed by atoms with van der Waals surface area (Å²) < 4.78 is 10.8. The van der Waals surface area contributed by atoms with E-state index in [4.69, 9.17) is 26.6 Å². The van der Waals surface area contributed by atoms with Gasteiger partial charge in [-0.2, -0.15) is 4.98 Å². The quantitative estimate of drug-likeness (QED) is 0.916. The van der Waals surface area contributed by atoms with Crippen molar-refractivity contribution in [3.8, 4) is 5.75 Å². The highest BCUT2D eigenvalue weighted by molar-refractivity contribution is 6.32. The summed E-state index contributed by atoms with van der Waals surface area (Å²) in [6.07, 6.45) is 2.26. The van der Waals surface area contributed by atoms with E-state index in [2.05, 4.69) is 10.1 Å². The van der Waals surface area contributed by atoms with Crippen molar-refractivity contribution in [2.75, 3.05) is 0 Å². The van der Waals surface area contributed by atoms with Gasteiger partial charge in [0.05, 0.1) is 5.02 Å². The van der Waals surface area contributed by atoms with Gasteiger partial charge < -0.3 is 15.0 Å². The van der Waals surface area contributed by atoms with Gasteiger partial charge in [0.15, 0.2) is 6.61 Å². The highest BCUT2D eigenvalue weighted by Gasteiger charge is 2.29. The molecule has 2 N–H and O–H groups in total. The molecule has 1 heterocycles. The molecule has 3 rings (SSSR count). The third kappa shape index (κ3) is 2.94. The Morgan fingerprint density at radius 3 is 2.95 bits per heavy atom. The zero-order valence-corrected chi connectivity index (χ0v) is 11.9. The molecule has 1 aromatic carbocycles. The van der Waals surface area contributed by atoms with Crippen molar-refractivity contribution >= 4 is 11.6 Å². The average Bonchev–Trinajstić information content (AvgIpc) is 3.17. The molecule has 0 radical (unpaired) electrons. The number of hydrogen-bond acceptors (Lipinski definition) is 5. The highest BCUT2D eigenvalue weighted by Crippen LogP contribution is 2.38. The van der Waals surface area contributed by atoms with Gasteiger partial charge in [-0.05, 0) is 37.5 Å². The minimum atomic E-state index is -0.0557. The fourth-order valence-corrected chi connectivity index (χ4v) is 2.13. The molecule has 1 aromatic heterocycles. The molecule has 1 aliphatic carbocycles. The Hall–Kier alpha value is -1.59. The van der Waals surface area contributed by atoms with E-state index in [0.717, 1.165) is 18.4 Å². The number of aromatic nitrogens is 2. The van der Waals surface area contributed by atoms with Gasteiger partial charge in [-0.15, -0.1) is 0 Å². The summed E-state index contributed by atoms with van der Waals surface area (Å²) in [7, 11) is 0. The SMILES string of the molecule is C[C@H](N)c1ccc(OCc2noc(C3CC3)n2)c(Cl)c1. The van der Waals surface area contributed by atoms with E-state index in [0.29, 0.717) is 28.4 Å². The van der Waals surface area contributed by atoms with Crippen molar-refractivity contribution in [3.05, 3.63) is 40.5 Å². The second-order valence-electron chi connectivity index (χ2n) is 5.09. The van der Waals surface area contributed by atoms with Crippen LogP contribution in [0, 0.1) is 0 Å². The van der Waals surface area contributed by atoms with Gasteiger partial charge in [-0.25, -0.2) is 0 Å². The molecule has 1 saturated carbocycles. The molecule has 106 valence electrons. The molecule has 2 aromatic rings. The molecule has 0 amide bonds. The third-order valence-corrected chi connectivity index (χ3v) is 3.54. The van der Waals surface area contributed by atoms with Crippen LogP contribution in [0.15, 0.2) is 22.7 Å². The Balaban J connectivity index is 1.65. The van der Waals surface area contributed by atoms with Crippen LogP contribution in [0.4, 0.5) is 0 Å². The van der Waals surface area contributed by atoms with E-state index >= 15 is 0 Å². The first-order valence-electron chi connectivity index (χ1n) is 6.64. The maximum Gasteiger partial charge on any atom is 0.229 e. The Labute approximate surface area is 122 Å². The Morgan fingerprint density at radius 1 is 1.50 bits per heavy atom. The van der Waals surface area contributed by atoms with Crippen molar-refractivity contribution in [2.24, 2.45) is 5.73 Å².